The van der Waals surface area contributed by atoms with Crippen molar-refractivity contribution in [2.45, 2.75) is 0 Å². The first-order valence-electron chi connectivity index (χ1n) is 6.10. The Morgan fingerprint density at radius 1 is 1.20 bits per heavy atom. The van der Waals surface area contributed by atoms with Crippen molar-refractivity contribution in [3.05, 3.63) is 48.4 Å². The molecule has 0 fully saturated rings. The van der Waals surface area contributed by atoms with Crippen LogP contribution >= 0.6 is 0 Å². The van der Waals surface area contributed by atoms with E-state index in [0.29, 0.717) is 0 Å². The number of benzene rings is 2. The molecular weight excluding hydrogens is 254 g/mol. The summed E-state index contributed by atoms with van der Waals surface area (Å²) < 4.78 is 5.20. The second-order valence-corrected chi connectivity index (χ2v) is 4.44. The number of nitrogens with two attached hydrogens (primary N) is 1. The summed E-state index contributed by atoms with van der Waals surface area (Å²) in [6, 6.07) is 11.9. The number of hydrogen-bond acceptors (Lipinski definition) is 3. The van der Waals surface area contributed by atoms with Crippen molar-refractivity contribution in [1.29, 1.82) is 0 Å². The van der Waals surface area contributed by atoms with Gasteiger partial charge < -0.3 is 15.5 Å². The summed E-state index contributed by atoms with van der Waals surface area (Å²) in [5.74, 6) is 0.416. The lowest BCUT2D eigenvalue weighted by Gasteiger charge is -2.04. The number of aromatic nitrogens is 2. The molecule has 5 nitrogen and oxygen atoms in total. The average Bonchev–Trinajstić information content (AvgIpc) is 2.96. The molecular formula is C15H13N3O2. The summed E-state index contributed by atoms with van der Waals surface area (Å²) in [5.41, 5.74) is 6.89. The van der Waals surface area contributed by atoms with Crippen LogP contribution in [0.15, 0.2) is 42.6 Å². The first kappa shape index (κ1) is 12.2. The summed E-state index contributed by atoms with van der Waals surface area (Å²) in [6.07, 6.45) is 1.60. The molecule has 0 radical (unpaired) electrons. The zero-order valence-corrected chi connectivity index (χ0v) is 10.9. The van der Waals surface area contributed by atoms with Gasteiger partial charge in [-0.25, -0.2) is 4.98 Å². The Hall–Kier alpha value is -2.82. The highest BCUT2D eigenvalue weighted by Crippen LogP contribution is 2.26. The summed E-state index contributed by atoms with van der Waals surface area (Å²) >= 11 is 0. The fourth-order valence-electron chi connectivity index (χ4n) is 2.11. The number of hydrogen-bond donors (Lipinski definition) is 2. The normalized spacial score (nSPS) is 10.7. The standard InChI is InChI=1S/C15H13N3O2/c1-20-12-5-4-9-6-11(3-2-10(9)7-12)13-8-17-15(18-13)14(16)19/h2-8H,1H3,(H2,16,19)(H,17,18). The molecule has 0 unspecified atom stereocenters. The largest absolute Gasteiger partial charge is 0.497 e. The minimum atomic E-state index is -0.568. The second kappa shape index (κ2) is 4.70. The number of rotatable bonds is 3. The van der Waals surface area contributed by atoms with E-state index in [1.165, 1.54) is 0 Å². The van der Waals surface area contributed by atoms with Crippen molar-refractivity contribution < 1.29 is 9.53 Å². The van der Waals surface area contributed by atoms with Crippen molar-refractivity contribution in [3.8, 4) is 17.0 Å². The zero-order chi connectivity index (χ0) is 14.1. The predicted molar refractivity (Wildman–Crippen MR) is 76.6 cm³/mol. The van der Waals surface area contributed by atoms with Crippen LogP contribution in [0.25, 0.3) is 22.0 Å². The Labute approximate surface area is 115 Å². The molecule has 1 heterocycles. The molecule has 1 aromatic heterocycles. The Kier molecular flexibility index (Phi) is 2.87. The maximum Gasteiger partial charge on any atom is 0.284 e. The Morgan fingerprint density at radius 2 is 1.95 bits per heavy atom. The van der Waals surface area contributed by atoms with Crippen LogP contribution in [-0.2, 0) is 0 Å². The minimum absolute atomic E-state index is 0.162. The molecule has 0 saturated carbocycles. The van der Waals surface area contributed by atoms with Gasteiger partial charge in [-0.15, -0.1) is 0 Å². The third-order valence-corrected chi connectivity index (χ3v) is 3.17. The van der Waals surface area contributed by atoms with Gasteiger partial charge in [0.2, 0.25) is 0 Å². The molecule has 1 amide bonds. The number of amides is 1. The molecule has 2 aromatic carbocycles. The summed E-state index contributed by atoms with van der Waals surface area (Å²) in [4.78, 5) is 17.9. The van der Waals surface area contributed by atoms with Crippen molar-refractivity contribution in [2.24, 2.45) is 5.73 Å². The van der Waals surface area contributed by atoms with E-state index in [1.807, 2.05) is 36.4 Å². The van der Waals surface area contributed by atoms with Crippen LogP contribution in [0.5, 0.6) is 5.75 Å². The summed E-state index contributed by atoms with van der Waals surface area (Å²) in [6.45, 7) is 0. The summed E-state index contributed by atoms with van der Waals surface area (Å²) in [7, 11) is 1.64. The third kappa shape index (κ3) is 2.09. The Morgan fingerprint density at radius 3 is 2.65 bits per heavy atom. The first-order valence-corrected chi connectivity index (χ1v) is 6.10. The van der Waals surface area contributed by atoms with Gasteiger partial charge in [-0.3, -0.25) is 4.79 Å². The molecule has 0 atom stereocenters. The number of aromatic amines is 1. The molecule has 0 bridgehead atoms. The molecule has 0 spiro atoms. The van der Waals surface area contributed by atoms with E-state index >= 15 is 0 Å². The highest BCUT2D eigenvalue weighted by Gasteiger charge is 2.08. The van der Waals surface area contributed by atoms with Crippen molar-refractivity contribution in [1.82, 2.24) is 9.97 Å². The average molecular weight is 267 g/mol. The number of nitrogens with zero attached hydrogens (tertiary/aromatic N) is 1. The molecule has 100 valence electrons. The number of H-pyrrole nitrogens is 1. The van der Waals surface area contributed by atoms with Crippen LogP contribution in [-0.4, -0.2) is 23.0 Å². The van der Waals surface area contributed by atoms with E-state index in [-0.39, 0.29) is 5.82 Å². The molecule has 3 N–H and O–H groups in total. The number of nitrogens with one attached hydrogen (secondary N) is 1. The van der Waals surface area contributed by atoms with E-state index in [1.54, 1.807) is 13.3 Å². The molecule has 0 aliphatic heterocycles. The molecule has 0 aliphatic rings. The first-order chi connectivity index (χ1) is 9.67. The molecule has 0 saturated heterocycles. The van der Waals surface area contributed by atoms with Crippen LogP contribution < -0.4 is 10.5 Å². The summed E-state index contributed by atoms with van der Waals surface area (Å²) in [5, 5.41) is 2.17. The number of ether oxygens (including phenoxy) is 1. The van der Waals surface area contributed by atoms with Crippen LogP contribution in [0.2, 0.25) is 0 Å². The number of carbonyl (C=O) groups excluding carboxylic acids is 1. The number of fused-ring (bicyclic) bond motifs is 1. The fraction of sp³-hybridized carbons (Fsp3) is 0.0667. The van der Waals surface area contributed by atoms with Gasteiger partial charge in [0.15, 0.2) is 5.82 Å². The van der Waals surface area contributed by atoms with Gasteiger partial charge in [0.1, 0.15) is 5.75 Å². The fourth-order valence-corrected chi connectivity index (χ4v) is 2.11. The number of carbonyl (C=O) groups is 1. The minimum Gasteiger partial charge on any atom is -0.497 e. The third-order valence-electron chi connectivity index (χ3n) is 3.17. The van der Waals surface area contributed by atoms with Gasteiger partial charge in [0.25, 0.3) is 5.91 Å². The second-order valence-electron chi connectivity index (χ2n) is 4.44. The molecule has 3 aromatic rings. The van der Waals surface area contributed by atoms with Crippen LogP contribution in [0, 0.1) is 0 Å². The van der Waals surface area contributed by atoms with E-state index in [4.69, 9.17) is 10.5 Å². The number of imidazole rings is 1. The van der Waals surface area contributed by atoms with Crippen LogP contribution in [0.3, 0.4) is 0 Å². The van der Waals surface area contributed by atoms with Gasteiger partial charge in [-0.05, 0) is 29.0 Å². The lowest BCUT2D eigenvalue weighted by Crippen LogP contribution is -2.12. The highest BCUT2D eigenvalue weighted by atomic mass is 16.5. The lowest BCUT2D eigenvalue weighted by atomic mass is 10.1. The Bertz CT molecular complexity index is 793. The van der Waals surface area contributed by atoms with Crippen molar-refractivity contribution >= 4 is 16.7 Å². The Balaban J connectivity index is 2.05. The van der Waals surface area contributed by atoms with E-state index in [2.05, 4.69) is 9.97 Å². The van der Waals surface area contributed by atoms with Gasteiger partial charge in [0.05, 0.1) is 19.0 Å². The van der Waals surface area contributed by atoms with Gasteiger partial charge >= 0.3 is 0 Å². The van der Waals surface area contributed by atoms with E-state index in [9.17, 15) is 4.79 Å². The zero-order valence-electron chi connectivity index (χ0n) is 10.9. The number of primary amides is 1. The topological polar surface area (TPSA) is 81.0 Å². The van der Waals surface area contributed by atoms with Crippen LogP contribution in [0.1, 0.15) is 10.6 Å². The highest BCUT2D eigenvalue weighted by molar-refractivity contribution is 5.91. The molecule has 0 aliphatic carbocycles. The molecule has 5 heteroatoms. The van der Waals surface area contributed by atoms with Gasteiger partial charge in [-0.2, -0.15) is 0 Å². The van der Waals surface area contributed by atoms with Crippen molar-refractivity contribution in [2.75, 3.05) is 7.11 Å². The smallest absolute Gasteiger partial charge is 0.284 e. The van der Waals surface area contributed by atoms with Gasteiger partial charge in [0, 0.05) is 5.56 Å². The molecule has 3 rings (SSSR count). The van der Waals surface area contributed by atoms with Crippen LogP contribution in [0.4, 0.5) is 0 Å². The van der Waals surface area contributed by atoms with E-state index < -0.39 is 5.91 Å². The van der Waals surface area contributed by atoms with Gasteiger partial charge in [-0.1, -0.05) is 18.2 Å². The van der Waals surface area contributed by atoms with Crippen molar-refractivity contribution in [3.63, 3.8) is 0 Å². The maximum absolute atomic E-state index is 11.0. The molecule has 20 heavy (non-hydrogen) atoms. The monoisotopic (exact) mass is 267 g/mol. The predicted octanol–water partition coefficient (Wildman–Crippen LogP) is 2.34. The quantitative estimate of drug-likeness (QED) is 0.764. The SMILES string of the molecule is COc1ccc2cc(-c3cnc(C(N)=O)[nH]3)ccc2c1. The maximum atomic E-state index is 11.0. The lowest BCUT2D eigenvalue weighted by molar-refractivity contribution is 0.0991. The van der Waals surface area contributed by atoms with E-state index in [0.717, 1.165) is 27.8 Å². The number of methoxy groups -OCH3 is 1.